The van der Waals surface area contributed by atoms with Crippen LogP contribution in [-0.4, -0.2) is 31.6 Å². The van der Waals surface area contributed by atoms with Gasteiger partial charge in [-0.25, -0.2) is 0 Å². The van der Waals surface area contributed by atoms with Crippen molar-refractivity contribution in [2.24, 2.45) is 5.73 Å². The molecule has 0 aliphatic rings. The monoisotopic (exact) mass is 234 g/mol. The van der Waals surface area contributed by atoms with Crippen molar-refractivity contribution < 1.29 is 19.1 Å². The van der Waals surface area contributed by atoms with E-state index in [4.69, 9.17) is 15.5 Å². The molecular formula is C6H11N4O4P. The smallest absolute Gasteiger partial charge is 0.359 e. The van der Waals surface area contributed by atoms with E-state index in [0.717, 1.165) is 17.2 Å². The number of nitrogens with two attached hydrogens (primary N) is 1. The highest BCUT2D eigenvalue weighted by molar-refractivity contribution is 7.60. The Bertz CT molecular complexity index is 411. The first-order valence-electron chi connectivity index (χ1n) is 3.97. The Morgan fingerprint density at radius 2 is 2.33 bits per heavy atom. The predicted molar refractivity (Wildman–Crippen MR) is 51.9 cm³/mol. The lowest BCUT2D eigenvalue weighted by Gasteiger charge is -2.10. The zero-order valence-electron chi connectivity index (χ0n) is 7.86. The molecule has 9 heteroatoms. The summed E-state index contributed by atoms with van der Waals surface area (Å²) in [4.78, 5) is 29.3. The lowest BCUT2D eigenvalue weighted by molar-refractivity contribution is -0.118. The molecule has 8 nitrogen and oxygen atoms in total. The third kappa shape index (κ3) is 3.05. The standard InChI is InChI=1S/C6H11N4O4P/c1-4(6(7)11)9-10-3-5(2-8-10)15(12,13)14/h2-4,9H,1H3,(H2,7,11)(H2,12,13,14)/t4-/m0/s1. The van der Waals surface area contributed by atoms with Crippen LogP contribution in [0, 0.1) is 0 Å². The average Bonchev–Trinajstić information content (AvgIpc) is 2.51. The number of rotatable bonds is 4. The van der Waals surface area contributed by atoms with E-state index in [1.165, 1.54) is 6.92 Å². The number of hydrogen-bond acceptors (Lipinski definition) is 4. The Morgan fingerprint density at radius 3 is 2.73 bits per heavy atom. The minimum Gasteiger partial charge on any atom is -0.368 e. The lowest BCUT2D eigenvalue weighted by Crippen LogP contribution is -2.37. The van der Waals surface area contributed by atoms with E-state index in [-0.39, 0.29) is 5.30 Å². The fourth-order valence-corrected chi connectivity index (χ4v) is 1.26. The van der Waals surface area contributed by atoms with Crippen molar-refractivity contribution in [1.29, 1.82) is 0 Å². The Morgan fingerprint density at radius 1 is 1.73 bits per heavy atom. The number of primary amides is 1. The third-order valence-corrected chi connectivity index (χ3v) is 2.56. The maximum atomic E-state index is 10.8. The molecule has 1 rings (SSSR count). The van der Waals surface area contributed by atoms with Crippen LogP contribution in [0.5, 0.6) is 0 Å². The quantitative estimate of drug-likeness (QED) is 0.450. The first-order chi connectivity index (χ1) is 6.80. The molecule has 0 radical (unpaired) electrons. The summed E-state index contributed by atoms with van der Waals surface area (Å²) in [7, 11) is -4.30. The predicted octanol–water partition coefficient (Wildman–Crippen LogP) is -1.90. The van der Waals surface area contributed by atoms with Gasteiger partial charge in [-0.3, -0.25) is 14.8 Å². The van der Waals surface area contributed by atoms with E-state index >= 15 is 0 Å². The number of aromatic nitrogens is 2. The van der Waals surface area contributed by atoms with Gasteiger partial charge >= 0.3 is 7.60 Å². The van der Waals surface area contributed by atoms with Crippen LogP contribution < -0.4 is 16.5 Å². The van der Waals surface area contributed by atoms with Gasteiger partial charge in [-0.05, 0) is 6.92 Å². The van der Waals surface area contributed by atoms with Crippen LogP contribution in [0.3, 0.4) is 0 Å². The Balaban J connectivity index is 2.78. The number of carbonyl (C=O) groups excluding carboxylic acids is 1. The molecule has 1 amide bonds. The molecule has 1 atom stereocenters. The van der Waals surface area contributed by atoms with Crippen molar-refractivity contribution in [3.8, 4) is 0 Å². The van der Waals surface area contributed by atoms with Gasteiger partial charge in [0.25, 0.3) is 0 Å². The van der Waals surface area contributed by atoms with Crippen molar-refractivity contribution >= 4 is 18.8 Å². The van der Waals surface area contributed by atoms with Gasteiger partial charge in [0.2, 0.25) is 5.91 Å². The molecular weight excluding hydrogens is 223 g/mol. The largest absolute Gasteiger partial charge is 0.368 e. The molecule has 0 saturated carbocycles. The second kappa shape index (κ2) is 4.01. The van der Waals surface area contributed by atoms with Crippen molar-refractivity contribution in [2.75, 3.05) is 5.43 Å². The molecule has 0 bridgehead atoms. The normalized spacial score (nSPS) is 13.5. The van der Waals surface area contributed by atoms with E-state index in [1.54, 1.807) is 0 Å². The molecule has 84 valence electrons. The Labute approximate surface area is 85.2 Å². The zero-order chi connectivity index (χ0) is 11.6. The van der Waals surface area contributed by atoms with Crippen LogP contribution in [0.2, 0.25) is 0 Å². The molecule has 5 N–H and O–H groups in total. The van der Waals surface area contributed by atoms with Gasteiger partial charge in [0, 0.05) is 0 Å². The number of hydrogen-bond donors (Lipinski definition) is 4. The van der Waals surface area contributed by atoms with Gasteiger partial charge in [-0.1, -0.05) is 0 Å². The molecule has 15 heavy (non-hydrogen) atoms. The van der Waals surface area contributed by atoms with Gasteiger partial charge in [-0.2, -0.15) is 9.89 Å². The molecule has 0 saturated heterocycles. The van der Waals surface area contributed by atoms with Gasteiger partial charge in [0.15, 0.2) is 0 Å². The summed E-state index contributed by atoms with van der Waals surface area (Å²) < 4.78 is 10.8. The molecule has 0 fully saturated rings. The highest BCUT2D eigenvalue weighted by atomic mass is 31.2. The van der Waals surface area contributed by atoms with E-state index in [9.17, 15) is 9.36 Å². The van der Waals surface area contributed by atoms with Gasteiger partial charge in [0.05, 0.1) is 12.4 Å². The molecule has 1 heterocycles. The van der Waals surface area contributed by atoms with Crippen LogP contribution >= 0.6 is 7.60 Å². The van der Waals surface area contributed by atoms with Crippen LogP contribution in [-0.2, 0) is 9.36 Å². The summed E-state index contributed by atoms with van der Waals surface area (Å²) in [6.45, 7) is 1.50. The number of carbonyl (C=O) groups is 1. The van der Waals surface area contributed by atoms with E-state index < -0.39 is 19.5 Å². The van der Waals surface area contributed by atoms with Crippen molar-refractivity contribution in [3.05, 3.63) is 12.4 Å². The summed E-state index contributed by atoms with van der Waals surface area (Å²) in [6.07, 6.45) is 2.11. The second-order valence-corrected chi connectivity index (χ2v) is 4.54. The van der Waals surface area contributed by atoms with Crippen LogP contribution in [0.25, 0.3) is 0 Å². The Kier molecular flexibility index (Phi) is 3.13. The highest BCUT2D eigenvalue weighted by Crippen LogP contribution is 2.32. The fourth-order valence-electron chi connectivity index (χ4n) is 0.796. The molecule has 1 aromatic heterocycles. The second-order valence-electron chi connectivity index (χ2n) is 2.94. The molecule has 0 aliphatic heterocycles. The highest BCUT2D eigenvalue weighted by Gasteiger charge is 2.19. The summed E-state index contributed by atoms with van der Waals surface area (Å²) in [5.41, 5.74) is 7.50. The third-order valence-electron chi connectivity index (χ3n) is 1.66. The molecule has 0 aromatic carbocycles. The van der Waals surface area contributed by atoms with Crippen molar-refractivity contribution in [2.45, 2.75) is 13.0 Å². The SMILES string of the molecule is C[C@H](Nn1cc(P(=O)(O)O)cn1)C(N)=O. The van der Waals surface area contributed by atoms with Gasteiger partial charge in [-0.15, -0.1) is 0 Å². The topological polar surface area (TPSA) is 130 Å². The molecule has 0 aliphatic carbocycles. The summed E-state index contributed by atoms with van der Waals surface area (Å²) in [5.74, 6) is -0.594. The van der Waals surface area contributed by atoms with Crippen LogP contribution in [0.15, 0.2) is 12.4 Å². The zero-order valence-corrected chi connectivity index (χ0v) is 8.76. The fraction of sp³-hybridized carbons (Fsp3) is 0.333. The Hall–Kier alpha value is -1.37. The molecule has 0 spiro atoms. The van der Waals surface area contributed by atoms with Crippen LogP contribution in [0.4, 0.5) is 0 Å². The van der Waals surface area contributed by atoms with Gasteiger partial charge in [0.1, 0.15) is 11.3 Å². The van der Waals surface area contributed by atoms with E-state index in [0.29, 0.717) is 0 Å². The van der Waals surface area contributed by atoms with Crippen molar-refractivity contribution in [1.82, 2.24) is 9.89 Å². The minimum absolute atomic E-state index is 0.230. The van der Waals surface area contributed by atoms with E-state index in [2.05, 4.69) is 10.5 Å². The molecule has 1 aromatic rings. The lowest BCUT2D eigenvalue weighted by atomic mass is 10.3. The number of nitrogens with one attached hydrogen (secondary N) is 1. The number of nitrogens with zero attached hydrogens (tertiary/aromatic N) is 2. The summed E-state index contributed by atoms with van der Waals surface area (Å²) >= 11 is 0. The van der Waals surface area contributed by atoms with Gasteiger partial charge < -0.3 is 15.5 Å². The maximum absolute atomic E-state index is 10.8. The summed E-state index contributed by atoms with van der Waals surface area (Å²) in [6, 6.07) is -0.686. The average molecular weight is 234 g/mol. The molecule has 0 unspecified atom stereocenters. The number of amides is 1. The minimum atomic E-state index is -4.30. The summed E-state index contributed by atoms with van der Waals surface area (Å²) in [5, 5.41) is 3.38. The van der Waals surface area contributed by atoms with E-state index in [1.807, 2.05) is 0 Å². The first-order valence-corrected chi connectivity index (χ1v) is 5.58. The van der Waals surface area contributed by atoms with Crippen LogP contribution in [0.1, 0.15) is 6.92 Å². The van der Waals surface area contributed by atoms with Crippen molar-refractivity contribution in [3.63, 3.8) is 0 Å². The maximum Gasteiger partial charge on any atom is 0.359 e. The first kappa shape index (κ1) is 11.7.